The number of likely N-dealkylation sites (N-methyl/N-ethyl adjacent to an activating group) is 1. The van der Waals surface area contributed by atoms with Crippen LogP contribution in [0.3, 0.4) is 0 Å². The van der Waals surface area contributed by atoms with Gasteiger partial charge in [0.05, 0.1) is 5.70 Å². The minimum absolute atomic E-state index is 0.116. The number of ether oxygens (including phenoxy) is 1. The summed E-state index contributed by atoms with van der Waals surface area (Å²) in [6, 6.07) is 0. The molecule has 2 aliphatic rings. The number of carbonyl (C=O) groups excluding carboxylic acids is 1. The summed E-state index contributed by atoms with van der Waals surface area (Å²) in [4.78, 5) is 13.3. The van der Waals surface area contributed by atoms with Crippen molar-refractivity contribution in [2.24, 2.45) is 0 Å². The first-order chi connectivity index (χ1) is 5.57. The Bertz CT molecular complexity index is 276. The van der Waals surface area contributed by atoms with Crippen molar-refractivity contribution in [3.63, 3.8) is 0 Å². The molecule has 1 spiro atoms. The molecule has 0 bridgehead atoms. The molecule has 3 heteroatoms. The van der Waals surface area contributed by atoms with Gasteiger partial charge in [-0.05, 0) is 13.8 Å². The number of rotatable bonds is 0. The molecule has 12 heavy (non-hydrogen) atoms. The number of hydrogen-bond donors (Lipinski definition) is 0. The van der Waals surface area contributed by atoms with Crippen LogP contribution in [-0.2, 0) is 9.53 Å². The number of allylic oxidation sites excluding steroid dienone is 2. The van der Waals surface area contributed by atoms with E-state index in [0.717, 1.165) is 24.3 Å². The summed E-state index contributed by atoms with van der Waals surface area (Å²) in [6.45, 7) is 3.82. The normalized spacial score (nSPS) is 26.2. The zero-order valence-electron chi connectivity index (χ0n) is 7.68. The maximum absolute atomic E-state index is 11.6. The number of hydrogen-bond acceptors (Lipinski definition) is 2. The lowest BCUT2D eigenvalue weighted by Gasteiger charge is -2.31. The summed E-state index contributed by atoms with van der Waals surface area (Å²) in [7, 11) is 1.81. The second-order valence-electron chi connectivity index (χ2n) is 3.60. The summed E-state index contributed by atoms with van der Waals surface area (Å²) in [6.07, 6.45) is 1.75. The van der Waals surface area contributed by atoms with E-state index < -0.39 is 5.60 Å². The zero-order valence-corrected chi connectivity index (χ0v) is 7.68. The quantitative estimate of drug-likeness (QED) is 0.543. The molecule has 1 aliphatic carbocycles. The molecule has 0 aromatic heterocycles. The van der Waals surface area contributed by atoms with Crippen LogP contribution in [0.15, 0.2) is 11.5 Å². The molecule has 1 saturated carbocycles. The van der Waals surface area contributed by atoms with Crippen molar-refractivity contribution >= 4 is 5.91 Å². The van der Waals surface area contributed by atoms with E-state index in [1.807, 2.05) is 20.9 Å². The largest absolute Gasteiger partial charge is 0.480 e. The molecule has 0 atom stereocenters. The van der Waals surface area contributed by atoms with Crippen LogP contribution in [0, 0.1) is 0 Å². The van der Waals surface area contributed by atoms with Crippen LogP contribution in [0.25, 0.3) is 0 Å². The van der Waals surface area contributed by atoms with Gasteiger partial charge in [-0.1, -0.05) is 0 Å². The highest BCUT2D eigenvalue weighted by molar-refractivity contribution is 5.90. The van der Waals surface area contributed by atoms with Crippen LogP contribution in [-0.4, -0.2) is 23.5 Å². The monoisotopic (exact) mass is 167 g/mol. The maximum atomic E-state index is 11.6. The number of nitrogens with zero attached hydrogens (tertiary/aromatic N) is 1. The highest BCUT2D eigenvalue weighted by atomic mass is 16.5. The predicted molar refractivity (Wildman–Crippen MR) is 44.2 cm³/mol. The van der Waals surface area contributed by atoms with Crippen LogP contribution in [0.2, 0.25) is 0 Å². The predicted octanol–water partition coefficient (Wildman–Crippen LogP) is 1.26. The molecule has 66 valence electrons. The summed E-state index contributed by atoms with van der Waals surface area (Å²) in [5.74, 6) is 1.00. The second kappa shape index (κ2) is 2.03. The first-order valence-electron chi connectivity index (χ1n) is 4.21. The maximum Gasteiger partial charge on any atom is 0.270 e. The molecule has 0 unspecified atom stereocenters. The van der Waals surface area contributed by atoms with Crippen molar-refractivity contribution in [2.75, 3.05) is 7.05 Å². The van der Waals surface area contributed by atoms with Crippen molar-refractivity contribution in [3.8, 4) is 0 Å². The molecular weight excluding hydrogens is 154 g/mol. The molecule has 1 heterocycles. The van der Waals surface area contributed by atoms with Gasteiger partial charge in [0.25, 0.3) is 5.91 Å². The Morgan fingerprint density at radius 3 is 2.50 bits per heavy atom. The van der Waals surface area contributed by atoms with E-state index in [1.165, 1.54) is 0 Å². The van der Waals surface area contributed by atoms with Crippen molar-refractivity contribution in [1.82, 2.24) is 4.90 Å². The minimum Gasteiger partial charge on any atom is -0.480 e. The van der Waals surface area contributed by atoms with Gasteiger partial charge >= 0.3 is 0 Å². The van der Waals surface area contributed by atoms with E-state index in [9.17, 15) is 4.79 Å². The Balaban J connectivity index is 2.37. The Morgan fingerprint density at radius 1 is 1.42 bits per heavy atom. The molecular formula is C9H13NO2. The van der Waals surface area contributed by atoms with Gasteiger partial charge in [-0.3, -0.25) is 4.79 Å². The smallest absolute Gasteiger partial charge is 0.270 e. The lowest BCUT2D eigenvalue weighted by Crippen LogP contribution is -2.42. The average Bonchev–Trinajstić information content (AvgIpc) is 2.79. The molecule has 1 amide bonds. The molecule has 2 rings (SSSR count). The van der Waals surface area contributed by atoms with Crippen LogP contribution < -0.4 is 0 Å². The topological polar surface area (TPSA) is 29.5 Å². The highest BCUT2D eigenvalue weighted by Crippen LogP contribution is 2.46. The lowest BCUT2D eigenvalue weighted by molar-refractivity contribution is -0.144. The van der Waals surface area contributed by atoms with E-state index in [1.54, 1.807) is 4.90 Å². The van der Waals surface area contributed by atoms with E-state index in [-0.39, 0.29) is 5.91 Å². The van der Waals surface area contributed by atoms with Crippen molar-refractivity contribution in [2.45, 2.75) is 32.3 Å². The fraction of sp³-hybridized carbons (Fsp3) is 0.667. The average molecular weight is 167 g/mol. The molecule has 0 aromatic rings. The highest BCUT2D eigenvalue weighted by Gasteiger charge is 2.56. The van der Waals surface area contributed by atoms with Gasteiger partial charge in [0.1, 0.15) is 5.76 Å². The molecule has 0 radical (unpaired) electrons. The van der Waals surface area contributed by atoms with Gasteiger partial charge < -0.3 is 9.64 Å². The van der Waals surface area contributed by atoms with E-state index >= 15 is 0 Å². The van der Waals surface area contributed by atoms with Gasteiger partial charge in [-0.25, -0.2) is 0 Å². The van der Waals surface area contributed by atoms with Crippen molar-refractivity contribution in [1.29, 1.82) is 0 Å². The van der Waals surface area contributed by atoms with Gasteiger partial charge in [0, 0.05) is 19.9 Å². The molecule has 1 aliphatic heterocycles. The lowest BCUT2D eigenvalue weighted by atomic mass is 10.2. The van der Waals surface area contributed by atoms with Gasteiger partial charge in [-0.15, -0.1) is 0 Å². The van der Waals surface area contributed by atoms with Crippen LogP contribution in [0.1, 0.15) is 26.7 Å². The van der Waals surface area contributed by atoms with E-state index in [4.69, 9.17) is 4.74 Å². The van der Waals surface area contributed by atoms with Crippen LogP contribution in [0.4, 0.5) is 0 Å². The Labute approximate surface area is 72.0 Å². The van der Waals surface area contributed by atoms with Gasteiger partial charge in [0.2, 0.25) is 0 Å². The summed E-state index contributed by atoms with van der Waals surface area (Å²) < 4.78 is 5.57. The molecule has 1 fully saturated rings. The summed E-state index contributed by atoms with van der Waals surface area (Å²) >= 11 is 0. The fourth-order valence-electron chi connectivity index (χ4n) is 1.53. The zero-order chi connectivity index (χ0) is 8.93. The standard InChI is InChI=1S/C9H13NO2/c1-6-7(2)12-9(4-5-9)8(11)10(6)3/h4-5H2,1-3H3. The minimum atomic E-state index is -0.460. The third-order valence-corrected chi connectivity index (χ3v) is 2.76. The Hall–Kier alpha value is -0.990. The molecule has 0 N–H and O–H groups in total. The number of amides is 1. The first-order valence-corrected chi connectivity index (χ1v) is 4.21. The first kappa shape index (κ1) is 7.65. The third kappa shape index (κ3) is 0.792. The van der Waals surface area contributed by atoms with Crippen molar-refractivity contribution < 1.29 is 9.53 Å². The summed E-state index contributed by atoms with van der Waals surface area (Å²) in [5, 5.41) is 0. The van der Waals surface area contributed by atoms with Crippen molar-refractivity contribution in [3.05, 3.63) is 11.5 Å². The second-order valence-corrected chi connectivity index (χ2v) is 3.60. The van der Waals surface area contributed by atoms with E-state index in [2.05, 4.69) is 0 Å². The van der Waals surface area contributed by atoms with Crippen LogP contribution in [0.5, 0.6) is 0 Å². The van der Waals surface area contributed by atoms with Gasteiger partial charge in [-0.2, -0.15) is 0 Å². The molecule has 0 saturated heterocycles. The van der Waals surface area contributed by atoms with Crippen LogP contribution >= 0.6 is 0 Å². The molecule has 3 nitrogen and oxygen atoms in total. The fourth-order valence-corrected chi connectivity index (χ4v) is 1.53. The van der Waals surface area contributed by atoms with E-state index in [0.29, 0.717) is 0 Å². The Kier molecular flexibility index (Phi) is 1.29. The SMILES string of the molecule is CC1=C(C)N(C)C(=O)C2(CC2)O1. The molecule has 0 aromatic carbocycles. The number of carbonyl (C=O) groups is 1. The summed E-state index contributed by atoms with van der Waals surface area (Å²) in [5.41, 5.74) is 0.468. The third-order valence-electron chi connectivity index (χ3n) is 2.76. The van der Waals surface area contributed by atoms with Gasteiger partial charge in [0.15, 0.2) is 5.60 Å². The Morgan fingerprint density at radius 2 is 2.00 bits per heavy atom.